The number of benzene rings is 1. The zero-order valence-corrected chi connectivity index (χ0v) is 8.87. The minimum atomic E-state index is 0.305. The third kappa shape index (κ3) is 5.00. The van der Waals surface area contributed by atoms with E-state index in [1.165, 1.54) is 5.56 Å². The Morgan fingerprint density at radius 3 is 2.57 bits per heavy atom. The molecule has 78 valence electrons. The van der Waals surface area contributed by atoms with Crippen LogP contribution in [-0.2, 0) is 6.42 Å². The molecule has 1 aromatic rings. The van der Waals surface area contributed by atoms with Gasteiger partial charge in [0.1, 0.15) is 0 Å². The summed E-state index contributed by atoms with van der Waals surface area (Å²) in [5.41, 5.74) is 7.04. The molecule has 2 nitrogen and oxygen atoms in total. The maximum Gasteiger partial charge on any atom is 0.00225 e. The molecule has 0 aromatic heterocycles. The van der Waals surface area contributed by atoms with Crippen LogP contribution < -0.4 is 11.1 Å². The van der Waals surface area contributed by atoms with Crippen LogP contribution >= 0.6 is 0 Å². The molecule has 1 unspecified atom stereocenters. The van der Waals surface area contributed by atoms with Crippen LogP contribution in [0.2, 0.25) is 0 Å². The van der Waals surface area contributed by atoms with Crippen LogP contribution in [0.4, 0.5) is 0 Å². The van der Waals surface area contributed by atoms with Gasteiger partial charge in [0.25, 0.3) is 0 Å². The lowest BCUT2D eigenvalue weighted by Gasteiger charge is -2.06. The monoisotopic (exact) mass is 192 g/mol. The van der Waals surface area contributed by atoms with Crippen LogP contribution in [0.3, 0.4) is 0 Å². The summed E-state index contributed by atoms with van der Waals surface area (Å²) in [6.07, 6.45) is 2.15. The van der Waals surface area contributed by atoms with Crippen LogP contribution in [0.15, 0.2) is 30.3 Å². The number of hydrogen-bond donors (Lipinski definition) is 2. The van der Waals surface area contributed by atoms with E-state index in [4.69, 9.17) is 5.73 Å². The Bertz CT molecular complexity index is 231. The van der Waals surface area contributed by atoms with E-state index in [1.54, 1.807) is 0 Å². The third-order valence-corrected chi connectivity index (χ3v) is 2.21. The third-order valence-electron chi connectivity index (χ3n) is 2.21. The van der Waals surface area contributed by atoms with E-state index in [1.807, 2.05) is 13.0 Å². The van der Waals surface area contributed by atoms with E-state index in [0.29, 0.717) is 6.04 Å². The van der Waals surface area contributed by atoms with Crippen LogP contribution in [0.25, 0.3) is 0 Å². The van der Waals surface area contributed by atoms with Gasteiger partial charge in [-0.25, -0.2) is 0 Å². The minimum absolute atomic E-state index is 0.305. The van der Waals surface area contributed by atoms with Gasteiger partial charge in [0.15, 0.2) is 0 Å². The van der Waals surface area contributed by atoms with Crippen molar-refractivity contribution >= 4 is 0 Å². The smallest absolute Gasteiger partial charge is 0.00225 e. The molecule has 0 heterocycles. The maximum absolute atomic E-state index is 5.65. The molecule has 0 aliphatic rings. The Kier molecular flexibility index (Phi) is 5.27. The molecule has 0 aliphatic carbocycles. The Morgan fingerprint density at radius 2 is 1.93 bits per heavy atom. The number of nitrogens with one attached hydrogen (secondary N) is 1. The van der Waals surface area contributed by atoms with Gasteiger partial charge < -0.3 is 11.1 Å². The van der Waals surface area contributed by atoms with Crippen molar-refractivity contribution in [3.8, 4) is 0 Å². The molecule has 0 radical (unpaired) electrons. The van der Waals surface area contributed by atoms with Crippen molar-refractivity contribution < 1.29 is 0 Å². The summed E-state index contributed by atoms with van der Waals surface area (Å²) in [4.78, 5) is 0. The number of rotatable bonds is 6. The minimum Gasteiger partial charge on any atom is -0.328 e. The van der Waals surface area contributed by atoms with Crippen molar-refractivity contribution in [3.63, 3.8) is 0 Å². The fourth-order valence-corrected chi connectivity index (χ4v) is 1.33. The molecule has 0 saturated carbocycles. The predicted octanol–water partition coefficient (Wildman–Crippen LogP) is 1.56. The average molecular weight is 192 g/mol. The second-order valence-electron chi connectivity index (χ2n) is 3.75. The zero-order chi connectivity index (χ0) is 10.2. The molecule has 0 aliphatic heterocycles. The van der Waals surface area contributed by atoms with Crippen molar-refractivity contribution in [2.75, 3.05) is 13.1 Å². The van der Waals surface area contributed by atoms with Gasteiger partial charge >= 0.3 is 0 Å². The van der Waals surface area contributed by atoms with E-state index in [2.05, 4.69) is 29.6 Å². The van der Waals surface area contributed by atoms with Crippen LogP contribution in [0.1, 0.15) is 18.9 Å². The highest BCUT2D eigenvalue weighted by molar-refractivity contribution is 5.14. The second-order valence-corrected chi connectivity index (χ2v) is 3.75. The Hall–Kier alpha value is -0.860. The molecule has 0 bridgehead atoms. The first-order chi connectivity index (χ1) is 6.79. The van der Waals surface area contributed by atoms with Gasteiger partial charge in [0, 0.05) is 6.04 Å². The van der Waals surface area contributed by atoms with Crippen LogP contribution in [-0.4, -0.2) is 19.1 Å². The van der Waals surface area contributed by atoms with E-state index >= 15 is 0 Å². The van der Waals surface area contributed by atoms with Crippen molar-refractivity contribution in [2.45, 2.75) is 25.8 Å². The van der Waals surface area contributed by atoms with Crippen molar-refractivity contribution in [2.24, 2.45) is 5.73 Å². The summed E-state index contributed by atoms with van der Waals surface area (Å²) < 4.78 is 0. The van der Waals surface area contributed by atoms with Gasteiger partial charge in [0.2, 0.25) is 0 Å². The molecule has 1 rings (SSSR count). The lowest BCUT2D eigenvalue weighted by atomic mass is 10.1. The lowest BCUT2D eigenvalue weighted by molar-refractivity contribution is 0.590. The van der Waals surface area contributed by atoms with Gasteiger partial charge in [-0.15, -0.1) is 0 Å². The first-order valence-electron chi connectivity index (χ1n) is 5.29. The highest BCUT2D eigenvalue weighted by atomic mass is 14.8. The summed E-state index contributed by atoms with van der Waals surface area (Å²) in [6, 6.07) is 10.8. The molecule has 14 heavy (non-hydrogen) atoms. The highest BCUT2D eigenvalue weighted by Gasteiger charge is 1.94. The van der Waals surface area contributed by atoms with Crippen LogP contribution in [0.5, 0.6) is 0 Å². The SMILES string of the molecule is CC(N)CCNCCc1ccccc1. The molecule has 0 spiro atoms. The van der Waals surface area contributed by atoms with Gasteiger partial charge in [-0.3, -0.25) is 0 Å². The second kappa shape index (κ2) is 6.57. The van der Waals surface area contributed by atoms with Gasteiger partial charge in [-0.2, -0.15) is 0 Å². The Morgan fingerprint density at radius 1 is 1.21 bits per heavy atom. The fraction of sp³-hybridized carbons (Fsp3) is 0.500. The number of hydrogen-bond acceptors (Lipinski definition) is 2. The van der Waals surface area contributed by atoms with Crippen molar-refractivity contribution in [1.82, 2.24) is 5.32 Å². The molecule has 1 aromatic carbocycles. The van der Waals surface area contributed by atoms with Crippen molar-refractivity contribution in [1.29, 1.82) is 0 Å². The lowest BCUT2D eigenvalue weighted by Crippen LogP contribution is -2.25. The largest absolute Gasteiger partial charge is 0.328 e. The molecular weight excluding hydrogens is 172 g/mol. The molecule has 0 saturated heterocycles. The molecule has 2 heteroatoms. The highest BCUT2D eigenvalue weighted by Crippen LogP contribution is 1.97. The Balaban J connectivity index is 2.05. The summed E-state index contributed by atoms with van der Waals surface area (Å²) in [5, 5.41) is 3.39. The molecule has 1 atom stereocenters. The van der Waals surface area contributed by atoms with Gasteiger partial charge in [-0.1, -0.05) is 30.3 Å². The summed E-state index contributed by atoms with van der Waals surface area (Å²) >= 11 is 0. The van der Waals surface area contributed by atoms with Gasteiger partial charge in [-0.05, 0) is 38.4 Å². The fourth-order valence-electron chi connectivity index (χ4n) is 1.33. The molecule has 0 amide bonds. The molecule has 0 fully saturated rings. The quantitative estimate of drug-likeness (QED) is 0.671. The van der Waals surface area contributed by atoms with Crippen molar-refractivity contribution in [3.05, 3.63) is 35.9 Å². The summed E-state index contributed by atoms with van der Waals surface area (Å²) in [5.74, 6) is 0. The van der Waals surface area contributed by atoms with Gasteiger partial charge in [0.05, 0.1) is 0 Å². The van der Waals surface area contributed by atoms with E-state index in [0.717, 1.165) is 25.9 Å². The number of nitrogens with two attached hydrogens (primary N) is 1. The van der Waals surface area contributed by atoms with E-state index in [-0.39, 0.29) is 0 Å². The first-order valence-corrected chi connectivity index (χ1v) is 5.29. The predicted molar refractivity (Wildman–Crippen MR) is 61.3 cm³/mol. The van der Waals surface area contributed by atoms with E-state index < -0.39 is 0 Å². The summed E-state index contributed by atoms with van der Waals surface area (Å²) in [7, 11) is 0. The molecule has 3 N–H and O–H groups in total. The van der Waals surface area contributed by atoms with E-state index in [9.17, 15) is 0 Å². The normalized spacial score (nSPS) is 12.7. The van der Waals surface area contributed by atoms with Crippen LogP contribution in [0, 0.1) is 0 Å². The first kappa shape index (κ1) is 11.2. The standard InChI is InChI=1S/C12H20N2/c1-11(13)7-9-14-10-8-12-5-3-2-4-6-12/h2-6,11,14H,7-10,13H2,1H3. The average Bonchev–Trinajstić information content (AvgIpc) is 2.18. The Labute approximate surface area is 86.5 Å². The topological polar surface area (TPSA) is 38.0 Å². The summed E-state index contributed by atoms with van der Waals surface area (Å²) in [6.45, 7) is 4.10. The maximum atomic E-state index is 5.65. The molecular formula is C12H20N2. The zero-order valence-electron chi connectivity index (χ0n) is 8.87.